The molecule has 0 spiro atoms. The maximum atomic E-state index is 12.8. The summed E-state index contributed by atoms with van der Waals surface area (Å²) in [4.78, 5) is 29.0. The maximum absolute atomic E-state index is 12.8. The Hall–Kier alpha value is -1.10. The SMILES string of the molecule is CC1CN(C(=O)C2CCCN(C(=O)C(C)(C)C)C2)CC(C)O1. The molecule has 2 fully saturated rings. The second kappa shape index (κ2) is 6.57. The first-order chi connectivity index (χ1) is 10.2. The number of hydrogen-bond acceptors (Lipinski definition) is 3. The molecule has 0 radical (unpaired) electrons. The molecule has 0 aromatic heterocycles. The highest BCUT2D eigenvalue weighted by atomic mass is 16.5. The topological polar surface area (TPSA) is 49.9 Å². The molecular formula is C17H30N2O3. The van der Waals surface area contributed by atoms with E-state index in [9.17, 15) is 9.59 Å². The number of carbonyl (C=O) groups is 2. The molecule has 3 atom stereocenters. The van der Waals surface area contributed by atoms with Crippen LogP contribution in [0.3, 0.4) is 0 Å². The monoisotopic (exact) mass is 310 g/mol. The molecule has 0 saturated carbocycles. The van der Waals surface area contributed by atoms with Crippen LogP contribution in [0.1, 0.15) is 47.5 Å². The fourth-order valence-corrected chi connectivity index (χ4v) is 3.45. The Morgan fingerprint density at radius 1 is 1.00 bits per heavy atom. The Labute approximate surface area is 134 Å². The minimum atomic E-state index is -0.382. The Kier molecular flexibility index (Phi) is 5.15. The normalized spacial score (nSPS) is 30.3. The van der Waals surface area contributed by atoms with E-state index in [4.69, 9.17) is 4.74 Å². The first kappa shape index (κ1) is 17.3. The lowest BCUT2D eigenvalue weighted by Gasteiger charge is -2.40. The fourth-order valence-electron chi connectivity index (χ4n) is 3.45. The van der Waals surface area contributed by atoms with Crippen LogP contribution in [0.5, 0.6) is 0 Å². The summed E-state index contributed by atoms with van der Waals surface area (Å²) in [5.41, 5.74) is -0.382. The van der Waals surface area contributed by atoms with Crippen molar-refractivity contribution in [3.8, 4) is 0 Å². The molecular weight excluding hydrogens is 280 g/mol. The molecule has 2 saturated heterocycles. The van der Waals surface area contributed by atoms with Gasteiger partial charge in [-0.2, -0.15) is 0 Å². The minimum Gasteiger partial charge on any atom is -0.372 e. The molecule has 0 N–H and O–H groups in total. The lowest BCUT2D eigenvalue weighted by atomic mass is 9.90. The standard InChI is InChI=1S/C17H30N2O3/c1-12-9-19(10-13(2)22-12)15(20)14-7-6-8-18(11-14)16(21)17(3,4)5/h12-14H,6-11H2,1-5H3. The molecule has 5 heteroatoms. The van der Waals surface area contributed by atoms with Gasteiger partial charge in [-0.3, -0.25) is 9.59 Å². The van der Waals surface area contributed by atoms with E-state index in [1.54, 1.807) is 0 Å². The number of piperidine rings is 1. The van der Waals surface area contributed by atoms with Crippen LogP contribution in [-0.2, 0) is 14.3 Å². The molecule has 2 heterocycles. The van der Waals surface area contributed by atoms with Crippen LogP contribution in [0, 0.1) is 11.3 Å². The van der Waals surface area contributed by atoms with E-state index in [0.717, 1.165) is 19.4 Å². The second-order valence-corrected chi connectivity index (χ2v) is 7.84. The summed E-state index contributed by atoms with van der Waals surface area (Å²) in [5.74, 6) is 0.277. The van der Waals surface area contributed by atoms with Gasteiger partial charge in [0.15, 0.2) is 0 Å². The van der Waals surface area contributed by atoms with E-state index in [-0.39, 0.29) is 35.4 Å². The van der Waals surface area contributed by atoms with Gasteiger partial charge in [-0.25, -0.2) is 0 Å². The lowest BCUT2D eigenvalue weighted by Crippen LogP contribution is -2.53. The third-order valence-corrected chi connectivity index (χ3v) is 4.43. The highest BCUT2D eigenvalue weighted by Crippen LogP contribution is 2.25. The quantitative estimate of drug-likeness (QED) is 0.743. The minimum absolute atomic E-state index is 0.0578. The predicted octanol–water partition coefficient (Wildman–Crippen LogP) is 1.91. The molecule has 0 aliphatic carbocycles. The van der Waals surface area contributed by atoms with Crippen LogP contribution in [0.2, 0.25) is 0 Å². The van der Waals surface area contributed by atoms with Crippen LogP contribution < -0.4 is 0 Å². The molecule has 0 bridgehead atoms. The van der Waals surface area contributed by atoms with Crippen molar-refractivity contribution in [2.45, 2.75) is 59.7 Å². The van der Waals surface area contributed by atoms with E-state index in [1.807, 2.05) is 44.4 Å². The number of hydrogen-bond donors (Lipinski definition) is 0. The smallest absolute Gasteiger partial charge is 0.227 e. The molecule has 5 nitrogen and oxygen atoms in total. The summed E-state index contributed by atoms with van der Waals surface area (Å²) < 4.78 is 5.70. The predicted molar refractivity (Wildman–Crippen MR) is 85.3 cm³/mol. The van der Waals surface area contributed by atoms with Crippen molar-refractivity contribution in [3.05, 3.63) is 0 Å². The molecule has 2 aliphatic heterocycles. The van der Waals surface area contributed by atoms with E-state index < -0.39 is 0 Å². The summed E-state index contributed by atoms with van der Waals surface area (Å²) in [6.07, 6.45) is 1.97. The van der Waals surface area contributed by atoms with Gasteiger partial charge in [0.1, 0.15) is 0 Å². The van der Waals surface area contributed by atoms with Gasteiger partial charge in [0.05, 0.1) is 18.1 Å². The van der Waals surface area contributed by atoms with Gasteiger partial charge in [-0.1, -0.05) is 20.8 Å². The van der Waals surface area contributed by atoms with Crippen LogP contribution >= 0.6 is 0 Å². The van der Waals surface area contributed by atoms with Gasteiger partial charge in [0, 0.05) is 31.6 Å². The van der Waals surface area contributed by atoms with Gasteiger partial charge >= 0.3 is 0 Å². The number of likely N-dealkylation sites (tertiary alicyclic amines) is 1. The third kappa shape index (κ3) is 4.00. The van der Waals surface area contributed by atoms with Gasteiger partial charge in [-0.15, -0.1) is 0 Å². The van der Waals surface area contributed by atoms with Gasteiger partial charge in [0.2, 0.25) is 11.8 Å². The van der Waals surface area contributed by atoms with Gasteiger partial charge < -0.3 is 14.5 Å². The van der Waals surface area contributed by atoms with Crippen molar-refractivity contribution in [2.24, 2.45) is 11.3 Å². The number of carbonyl (C=O) groups excluding carboxylic acids is 2. The van der Waals surface area contributed by atoms with E-state index in [0.29, 0.717) is 19.6 Å². The molecule has 2 aliphatic rings. The fraction of sp³-hybridized carbons (Fsp3) is 0.882. The zero-order valence-corrected chi connectivity index (χ0v) is 14.6. The van der Waals surface area contributed by atoms with Crippen molar-refractivity contribution < 1.29 is 14.3 Å². The van der Waals surface area contributed by atoms with Crippen LogP contribution in [-0.4, -0.2) is 60.0 Å². The Morgan fingerprint density at radius 3 is 2.14 bits per heavy atom. The highest BCUT2D eigenvalue weighted by molar-refractivity contribution is 5.84. The largest absolute Gasteiger partial charge is 0.372 e. The average Bonchev–Trinajstić information content (AvgIpc) is 2.43. The first-order valence-electron chi connectivity index (χ1n) is 8.42. The summed E-state index contributed by atoms with van der Waals surface area (Å²) in [7, 11) is 0. The van der Waals surface area contributed by atoms with E-state index in [1.165, 1.54) is 0 Å². The maximum Gasteiger partial charge on any atom is 0.227 e. The Balaban J connectivity index is 2.00. The molecule has 126 valence electrons. The van der Waals surface area contributed by atoms with Gasteiger partial charge in [-0.05, 0) is 26.7 Å². The van der Waals surface area contributed by atoms with Crippen molar-refractivity contribution in [1.29, 1.82) is 0 Å². The van der Waals surface area contributed by atoms with Crippen molar-refractivity contribution >= 4 is 11.8 Å². The summed E-state index contributed by atoms with van der Waals surface area (Å²) in [5, 5.41) is 0. The molecule has 2 rings (SSSR count). The van der Waals surface area contributed by atoms with Gasteiger partial charge in [0.25, 0.3) is 0 Å². The molecule has 2 amide bonds. The molecule has 22 heavy (non-hydrogen) atoms. The zero-order valence-electron chi connectivity index (χ0n) is 14.6. The first-order valence-corrected chi connectivity index (χ1v) is 8.42. The van der Waals surface area contributed by atoms with Crippen LogP contribution in [0.4, 0.5) is 0 Å². The average molecular weight is 310 g/mol. The van der Waals surface area contributed by atoms with Crippen LogP contribution in [0.15, 0.2) is 0 Å². The lowest BCUT2D eigenvalue weighted by molar-refractivity contribution is -0.152. The summed E-state index contributed by atoms with van der Waals surface area (Å²) in [6, 6.07) is 0. The van der Waals surface area contributed by atoms with E-state index >= 15 is 0 Å². The van der Waals surface area contributed by atoms with Crippen molar-refractivity contribution in [2.75, 3.05) is 26.2 Å². The zero-order chi connectivity index (χ0) is 16.5. The third-order valence-electron chi connectivity index (χ3n) is 4.43. The number of ether oxygens (including phenoxy) is 1. The number of nitrogens with zero attached hydrogens (tertiary/aromatic N) is 2. The molecule has 3 unspecified atom stereocenters. The van der Waals surface area contributed by atoms with Crippen molar-refractivity contribution in [1.82, 2.24) is 9.80 Å². The number of amides is 2. The summed E-state index contributed by atoms with van der Waals surface area (Å²) >= 11 is 0. The Morgan fingerprint density at radius 2 is 1.59 bits per heavy atom. The number of morpholine rings is 1. The van der Waals surface area contributed by atoms with Crippen LogP contribution in [0.25, 0.3) is 0 Å². The molecule has 0 aromatic carbocycles. The van der Waals surface area contributed by atoms with Crippen molar-refractivity contribution in [3.63, 3.8) is 0 Å². The number of rotatable bonds is 1. The Bertz CT molecular complexity index is 420. The second-order valence-electron chi connectivity index (χ2n) is 7.84. The van der Waals surface area contributed by atoms with E-state index in [2.05, 4.69) is 0 Å². The summed E-state index contributed by atoms with van der Waals surface area (Å²) in [6.45, 7) is 12.5. The molecule has 0 aromatic rings. The highest BCUT2D eigenvalue weighted by Gasteiger charge is 2.36.